The van der Waals surface area contributed by atoms with Crippen LogP contribution in [0.1, 0.15) is 29.9 Å². The maximum atomic E-state index is 12.4. The zero-order valence-corrected chi connectivity index (χ0v) is 12.9. The second-order valence-corrected chi connectivity index (χ2v) is 5.74. The fourth-order valence-electron chi connectivity index (χ4n) is 2.40. The van der Waals surface area contributed by atoms with Crippen LogP contribution in [0.25, 0.3) is 5.65 Å². The summed E-state index contributed by atoms with van der Waals surface area (Å²) in [6.45, 7) is 4.10. The molecule has 0 aliphatic rings. The third-order valence-electron chi connectivity index (χ3n) is 3.32. The van der Waals surface area contributed by atoms with Crippen molar-refractivity contribution in [3.8, 4) is 0 Å². The molecule has 0 aliphatic heterocycles. The Morgan fingerprint density at radius 3 is 2.91 bits per heavy atom. The molecule has 0 atom stereocenters. The van der Waals surface area contributed by atoms with Crippen molar-refractivity contribution in [3.05, 3.63) is 58.3 Å². The summed E-state index contributed by atoms with van der Waals surface area (Å²) in [7, 11) is 0. The maximum Gasteiger partial charge on any atom is 0.257 e. The molecule has 0 aromatic carbocycles. The van der Waals surface area contributed by atoms with Crippen molar-refractivity contribution in [2.75, 3.05) is 5.32 Å². The number of carbonyl (C=O) groups excluding carboxylic acids is 1. The number of amides is 1. The van der Waals surface area contributed by atoms with E-state index in [0.717, 1.165) is 5.69 Å². The van der Waals surface area contributed by atoms with E-state index >= 15 is 0 Å². The van der Waals surface area contributed by atoms with Gasteiger partial charge in [-0.05, 0) is 24.5 Å². The molecule has 7 nitrogen and oxygen atoms in total. The zero-order valence-electron chi connectivity index (χ0n) is 12.9. The van der Waals surface area contributed by atoms with E-state index < -0.39 is 0 Å². The summed E-state index contributed by atoms with van der Waals surface area (Å²) in [6.07, 6.45) is 3.90. The first-order chi connectivity index (χ1) is 11.0. The molecule has 23 heavy (non-hydrogen) atoms. The van der Waals surface area contributed by atoms with E-state index in [1.54, 1.807) is 30.6 Å². The number of rotatable bonds is 4. The zero-order chi connectivity index (χ0) is 16.4. The fraction of sp³-hybridized carbons (Fsp3) is 0.250. The van der Waals surface area contributed by atoms with Crippen LogP contribution in [0.2, 0.25) is 0 Å². The minimum Gasteiger partial charge on any atom is -0.326 e. The molecule has 0 radical (unpaired) electrons. The molecule has 3 rings (SSSR count). The van der Waals surface area contributed by atoms with Crippen LogP contribution in [0.4, 0.5) is 5.82 Å². The molecule has 0 saturated heterocycles. The second-order valence-electron chi connectivity index (χ2n) is 5.74. The number of pyridine rings is 1. The summed E-state index contributed by atoms with van der Waals surface area (Å²) in [5, 5.41) is 6.88. The van der Waals surface area contributed by atoms with Crippen molar-refractivity contribution >= 4 is 17.4 Å². The number of carbonyl (C=O) groups is 1. The van der Waals surface area contributed by atoms with Gasteiger partial charge in [-0.3, -0.25) is 9.59 Å². The monoisotopic (exact) mass is 311 g/mol. The van der Waals surface area contributed by atoms with Crippen molar-refractivity contribution in [2.45, 2.75) is 20.3 Å². The molecule has 118 valence electrons. The number of hydrogen-bond donors (Lipinski definition) is 2. The summed E-state index contributed by atoms with van der Waals surface area (Å²) < 4.78 is 1.53. The van der Waals surface area contributed by atoms with Crippen molar-refractivity contribution < 1.29 is 4.79 Å². The standard InChI is InChI=1S/C16H17N5O2/c1-10(2)7-12-8-11(9-15(22)19-12)16(23)20-14-3-5-17-13-4-6-18-21(13)14/h3-6,8-10H,7H2,1-2H3,(H,19,22)(H,20,23). The lowest BCUT2D eigenvalue weighted by atomic mass is 10.1. The molecule has 0 unspecified atom stereocenters. The molecule has 3 aromatic heterocycles. The number of nitrogens with zero attached hydrogens (tertiary/aromatic N) is 3. The number of aromatic nitrogens is 4. The number of hydrogen-bond acceptors (Lipinski definition) is 4. The van der Waals surface area contributed by atoms with Gasteiger partial charge in [-0.15, -0.1) is 0 Å². The molecular formula is C16H17N5O2. The first-order valence-corrected chi connectivity index (χ1v) is 7.36. The number of fused-ring (bicyclic) bond motifs is 1. The predicted octanol–water partition coefficient (Wildman–Crippen LogP) is 1.87. The topological polar surface area (TPSA) is 92.2 Å². The Bertz CT molecular complexity index is 910. The van der Waals surface area contributed by atoms with Crippen molar-refractivity contribution in [2.24, 2.45) is 5.92 Å². The van der Waals surface area contributed by atoms with Gasteiger partial charge in [-0.25, -0.2) is 4.98 Å². The lowest BCUT2D eigenvalue weighted by molar-refractivity contribution is 0.102. The quantitative estimate of drug-likeness (QED) is 0.769. The van der Waals surface area contributed by atoms with Gasteiger partial charge in [-0.2, -0.15) is 9.61 Å². The minimum absolute atomic E-state index is 0.285. The highest BCUT2D eigenvalue weighted by Crippen LogP contribution is 2.11. The van der Waals surface area contributed by atoms with Crippen LogP contribution < -0.4 is 10.9 Å². The van der Waals surface area contributed by atoms with Crippen LogP contribution in [-0.4, -0.2) is 25.5 Å². The molecule has 0 bridgehead atoms. The number of aromatic amines is 1. The van der Waals surface area contributed by atoms with Crippen LogP contribution in [0.15, 0.2) is 41.5 Å². The highest BCUT2D eigenvalue weighted by molar-refractivity contribution is 6.03. The van der Waals surface area contributed by atoms with Crippen molar-refractivity contribution in [1.82, 2.24) is 19.6 Å². The number of anilines is 1. The molecule has 0 saturated carbocycles. The summed E-state index contributed by atoms with van der Waals surface area (Å²) >= 11 is 0. The van der Waals surface area contributed by atoms with Crippen molar-refractivity contribution in [3.63, 3.8) is 0 Å². The van der Waals surface area contributed by atoms with E-state index in [4.69, 9.17) is 0 Å². The molecule has 3 heterocycles. The average molecular weight is 311 g/mol. The van der Waals surface area contributed by atoms with Gasteiger partial charge in [0.15, 0.2) is 5.65 Å². The Hall–Kier alpha value is -2.96. The highest BCUT2D eigenvalue weighted by atomic mass is 16.2. The highest BCUT2D eigenvalue weighted by Gasteiger charge is 2.12. The van der Waals surface area contributed by atoms with Gasteiger partial charge in [-0.1, -0.05) is 13.8 Å². The van der Waals surface area contributed by atoms with Gasteiger partial charge in [0.05, 0.1) is 6.20 Å². The van der Waals surface area contributed by atoms with E-state index in [1.165, 1.54) is 10.6 Å². The van der Waals surface area contributed by atoms with Crippen LogP contribution in [-0.2, 0) is 6.42 Å². The van der Waals surface area contributed by atoms with Crippen molar-refractivity contribution in [1.29, 1.82) is 0 Å². The second kappa shape index (κ2) is 6.04. The Morgan fingerprint density at radius 2 is 2.13 bits per heavy atom. The van der Waals surface area contributed by atoms with E-state index in [1.807, 2.05) is 0 Å². The van der Waals surface area contributed by atoms with Crippen LogP contribution in [0.3, 0.4) is 0 Å². The molecule has 0 spiro atoms. The van der Waals surface area contributed by atoms with Gasteiger partial charge in [0.25, 0.3) is 5.91 Å². The molecule has 0 fully saturated rings. The Morgan fingerprint density at radius 1 is 1.30 bits per heavy atom. The minimum atomic E-state index is -0.357. The third-order valence-corrected chi connectivity index (χ3v) is 3.32. The normalized spacial score (nSPS) is 11.1. The molecular weight excluding hydrogens is 294 g/mol. The predicted molar refractivity (Wildman–Crippen MR) is 86.5 cm³/mol. The summed E-state index contributed by atoms with van der Waals surface area (Å²) in [5.74, 6) is 0.521. The fourth-order valence-corrected chi connectivity index (χ4v) is 2.40. The summed E-state index contributed by atoms with van der Waals surface area (Å²) in [4.78, 5) is 31.1. The molecule has 2 N–H and O–H groups in total. The number of H-pyrrole nitrogens is 1. The lowest BCUT2D eigenvalue weighted by Crippen LogP contribution is -2.19. The number of nitrogens with one attached hydrogen (secondary N) is 2. The molecule has 7 heteroatoms. The van der Waals surface area contributed by atoms with E-state index in [9.17, 15) is 9.59 Å². The SMILES string of the molecule is CC(C)Cc1cc(C(=O)Nc2ccnc3ccnn23)cc(=O)[nH]1. The van der Waals surface area contributed by atoms with Gasteiger partial charge < -0.3 is 10.3 Å². The van der Waals surface area contributed by atoms with E-state index in [-0.39, 0.29) is 11.5 Å². The first kappa shape index (κ1) is 15.0. The Kier molecular flexibility index (Phi) is 3.92. The summed E-state index contributed by atoms with van der Waals surface area (Å²) in [6, 6.07) is 6.39. The lowest BCUT2D eigenvalue weighted by Gasteiger charge is -2.09. The van der Waals surface area contributed by atoms with E-state index in [0.29, 0.717) is 29.4 Å². The Labute approximate surface area is 132 Å². The van der Waals surface area contributed by atoms with Gasteiger partial charge in [0.2, 0.25) is 5.56 Å². The molecule has 0 aliphatic carbocycles. The van der Waals surface area contributed by atoms with Gasteiger partial charge in [0.1, 0.15) is 5.82 Å². The Balaban J connectivity index is 1.90. The van der Waals surface area contributed by atoms with Crippen LogP contribution >= 0.6 is 0 Å². The molecule has 3 aromatic rings. The largest absolute Gasteiger partial charge is 0.326 e. The first-order valence-electron chi connectivity index (χ1n) is 7.36. The van der Waals surface area contributed by atoms with Crippen LogP contribution in [0, 0.1) is 5.92 Å². The maximum absolute atomic E-state index is 12.4. The van der Waals surface area contributed by atoms with Gasteiger partial charge >= 0.3 is 0 Å². The smallest absolute Gasteiger partial charge is 0.257 e. The third kappa shape index (κ3) is 3.28. The van der Waals surface area contributed by atoms with E-state index in [2.05, 4.69) is 34.2 Å². The van der Waals surface area contributed by atoms with Crippen LogP contribution in [0.5, 0.6) is 0 Å². The van der Waals surface area contributed by atoms with Gasteiger partial charge in [0, 0.05) is 29.6 Å². The summed E-state index contributed by atoms with van der Waals surface area (Å²) in [5.41, 5.74) is 1.42. The average Bonchev–Trinajstić information content (AvgIpc) is 2.95. The molecule has 1 amide bonds.